The number of carbonyl (C=O) groups is 1. The van der Waals surface area contributed by atoms with Crippen molar-refractivity contribution in [2.24, 2.45) is 0 Å². The van der Waals surface area contributed by atoms with Gasteiger partial charge < -0.3 is 4.74 Å². The van der Waals surface area contributed by atoms with Gasteiger partial charge in [0.1, 0.15) is 24.5 Å². The predicted octanol–water partition coefficient (Wildman–Crippen LogP) is 3.98. The molecule has 2 nitrogen and oxygen atoms in total. The molecule has 2 aromatic carbocycles. The minimum Gasteiger partial charge on any atom is -0.489 e. The monoisotopic (exact) mass is 308 g/mol. The second-order valence-corrected chi connectivity index (χ2v) is 4.63. The molecule has 0 unspecified atom stereocenters. The summed E-state index contributed by atoms with van der Waals surface area (Å²) in [4.78, 5) is 10.6. The van der Waals surface area contributed by atoms with Gasteiger partial charge in [-0.1, -0.05) is 28.1 Å². The van der Waals surface area contributed by atoms with Gasteiger partial charge in [0, 0.05) is 15.6 Å². The quantitative estimate of drug-likeness (QED) is 0.799. The van der Waals surface area contributed by atoms with E-state index in [0.717, 1.165) is 10.8 Å². The smallest absolute Gasteiger partial charge is 0.150 e. The molecule has 0 saturated carbocycles. The maximum absolute atomic E-state index is 13.5. The lowest BCUT2D eigenvalue weighted by atomic mass is 10.2. The van der Waals surface area contributed by atoms with Crippen LogP contribution in [0.25, 0.3) is 0 Å². The van der Waals surface area contributed by atoms with Crippen LogP contribution in [0.3, 0.4) is 0 Å². The minimum atomic E-state index is -0.315. The summed E-state index contributed by atoms with van der Waals surface area (Å²) in [6.07, 6.45) is 0.743. The van der Waals surface area contributed by atoms with Gasteiger partial charge in [-0.2, -0.15) is 0 Å². The molecule has 0 heterocycles. The van der Waals surface area contributed by atoms with Crippen LogP contribution in [0, 0.1) is 5.82 Å². The summed E-state index contributed by atoms with van der Waals surface area (Å²) in [6, 6.07) is 11.4. The van der Waals surface area contributed by atoms with Crippen molar-refractivity contribution in [1.29, 1.82) is 0 Å². The average molecular weight is 309 g/mol. The summed E-state index contributed by atoms with van der Waals surface area (Å²) in [7, 11) is 0. The van der Waals surface area contributed by atoms with Crippen LogP contribution in [-0.2, 0) is 6.61 Å². The van der Waals surface area contributed by atoms with Gasteiger partial charge >= 0.3 is 0 Å². The Kier molecular flexibility index (Phi) is 4.10. The largest absolute Gasteiger partial charge is 0.489 e. The Bertz CT molecular complexity index is 569. The van der Waals surface area contributed by atoms with Crippen LogP contribution in [0.2, 0.25) is 0 Å². The van der Waals surface area contributed by atoms with Gasteiger partial charge in [0.15, 0.2) is 0 Å². The number of hydrogen-bond acceptors (Lipinski definition) is 2. The average Bonchev–Trinajstić information content (AvgIpc) is 2.40. The topological polar surface area (TPSA) is 26.3 Å². The molecule has 0 aromatic heterocycles. The highest BCUT2D eigenvalue weighted by molar-refractivity contribution is 9.10. The predicted molar refractivity (Wildman–Crippen MR) is 70.3 cm³/mol. The van der Waals surface area contributed by atoms with Crippen molar-refractivity contribution in [3.63, 3.8) is 0 Å². The number of ether oxygens (including phenoxy) is 1. The van der Waals surface area contributed by atoms with Crippen LogP contribution in [0.4, 0.5) is 4.39 Å². The van der Waals surface area contributed by atoms with E-state index < -0.39 is 0 Å². The second kappa shape index (κ2) is 5.78. The SMILES string of the molecule is O=Cc1cccc(OCc2cc(Br)ccc2F)c1. The Morgan fingerprint density at radius 2 is 2.06 bits per heavy atom. The Morgan fingerprint density at radius 1 is 1.22 bits per heavy atom. The summed E-state index contributed by atoms with van der Waals surface area (Å²) in [5, 5.41) is 0. The molecule has 0 aliphatic heterocycles. The third-order valence-electron chi connectivity index (χ3n) is 2.40. The van der Waals surface area contributed by atoms with Crippen LogP contribution in [0.15, 0.2) is 46.9 Å². The van der Waals surface area contributed by atoms with Crippen LogP contribution in [0.1, 0.15) is 15.9 Å². The minimum absolute atomic E-state index is 0.119. The van der Waals surface area contributed by atoms with E-state index in [1.54, 1.807) is 36.4 Å². The zero-order valence-corrected chi connectivity index (χ0v) is 11.0. The maximum atomic E-state index is 13.5. The molecular weight excluding hydrogens is 299 g/mol. The Labute approximate surface area is 113 Å². The molecule has 0 atom stereocenters. The first-order chi connectivity index (χ1) is 8.69. The highest BCUT2D eigenvalue weighted by Gasteiger charge is 2.04. The zero-order valence-electron chi connectivity index (χ0n) is 9.40. The van der Waals surface area contributed by atoms with Gasteiger partial charge in [-0.25, -0.2) is 4.39 Å². The van der Waals surface area contributed by atoms with E-state index >= 15 is 0 Å². The molecule has 0 aliphatic rings. The van der Waals surface area contributed by atoms with E-state index in [1.807, 2.05) is 0 Å². The van der Waals surface area contributed by atoms with Gasteiger partial charge in [-0.3, -0.25) is 4.79 Å². The molecule has 18 heavy (non-hydrogen) atoms. The molecule has 0 aliphatic carbocycles. The van der Waals surface area contributed by atoms with E-state index in [0.29, 0.717) is 16.9 Å². The van der Waals surface area contributed by atoms with Crippen molar-refractivity contribution in [3.8, 4) is 5.75 Å². The van der Waals surface area contributed by atoms with Gasteiger partial charge in [-0.15, -0.1) is 0 Å². The van der Waals surface area contributed by atoms with Crippen molar-refractivity contribution < 1.29 is 13.9 Å². The normalized spacial score (nSPS) is 10.1. The number of benzene rings is 2. The first-order valence-electron chi connectivity index (χ1n) is 5.31. The molecule has 0 spiro atoms. The van der Waals surface area contributed by atoms with Crippen molar-refractivity contribution in [2.45, 2.75) is 6.61 Å². The lowest BCUT2D eigenvalue weighted by Gasteiger charge is -2.08. The number of hydrogen-bond donors (Lipinski definition) is 0. The van der Waals surface area contributed by atoms with E-state index in [4.69, 9.17) is 4.74 Å². The summed E-state index contributed by atoms with van der Waals surface area (Å²) < 4.78 is 19.7. The Hall–Kier alpha value is -1.68. The van der Waals surface area contributed by atoms with E-state index in [-0.39, 0.29) is 12.4 Å². The van der Waals surface area contributed by atoms with Gasteiger partial charge in [0.05, 0.1) is 0 Å². The van der Waals surface area contributed by atoms with Crippen LogP contribution in [0.5, 0.6) is 5.75 Å². The summed E-state index contributed by atoms with van der Waals surface area (Å²) >= 11 is 3.28. The van der Waals surface area contributed by atoms with Crippen molar-refractivity contribution in [1.82, 2.24) is 0 Å². The third kappa shape index (κ3) is 3.17. The molecule has 0 fully saturated rings. The van der Waals surface area contributed by atoms with E-state index in [1.165, 1.54) is 6.07 Å². The first-order valence-corrected chi connectivity index (χ1v) is 6.10. The third-order valence-corrected chi connectivity index (χ3v) is 2.89. The fourth-order valence-electron chi connectivity index (χ4n) is 1.49. The van der Waals surface area contributed by atoms with Crippen LogP contribution >= 0.6 is 15.9 Å². The molecule has 0 N–H and O–H groups in total. The van der Waals surface area contributed by atoms with Crippen molar-refractivity contribution >= 4 is 22.2 Å². The molecule has 2 rings (SSSR count). The molecule has 0 amide bonds. The van der Waals surface area contributed by atoms with Crippen LogP contribution in [-0.4, -0.2) is 6.29 Å². The number of rotatable bonds is 4. The van der Waals surface area contributed by atoms with Gasteiger partial charge in [0.25, 0.3) is 0 Å². The zero-order chi connectivity index (χ0) is 13.0. The standard InChI is InChI=1S/C14H10BrFO2/c15-12-4-5-14(16)11(7-12)9-18-13-3-1-2-10(6-13)8-17/h1-8H,9H2. The van der Waals surface area contributed by atoms with Crippen molar-refractivity contribution in [2.75, 3.05) is 0 Å². The molecule has 4 heteroatoms. The molecule has 0 bridgehead atoms. The molecular formula is C14H10BrFO2. The van der Waals surface area contributed by atoms with E-state index in [2.05, 4.69) is 15.9 Å². The molecule has 0 saturated heterocycles. The molecule has 2 aromatic rings. The number of carbonyl (C=O) groups excluding carboxylic acids is 1. The maximum Gasteiger partial charge on any atom is 0.150 e. The Morgan fingerprint density at radius 3 is 2.83 bits per heavy atom. The Balaban J connectivity index is 2.11. The summed E-state index contributed by atoms with van der Waals surface area (Å²) in [6.45, 7) is 0.119. The number of halogens is 2. The van der Waals surface area contributed by atoms with Gasteiger partial charge in [0.2, 0.25) is 0 Å². The molecule has 0 radical (unpaired) electrons. The number of aldehydes is 1. The second-order valence-electron chi connectivity index (χ2n) is 3.71. The summed E-state index contributed by atoms with van der Waals surface area (Å²) in [5.41, 5.74) is 0.989. The van der Waals surface area contributed by atoms with E-state index in [9.17, 15) is 9.18 Å². The highest BCUT2D eigenvalue weighted by Crippen LogP contribution is 2.19. The fourth-order valence-corrected chi connectivity index (χ4v) is 1.90. The molecule has 92 valence electrons. The van der Waals surface area contributed by atoms with Crippen molar-refractivity contribution in [3.05, 3.63) is 63.9 Å². The first kappa shape index (κ1) is 12.8. The lowest BCUT2D eigenvalue weighted by Crippen LogP contribution is -1.98. The summed E-state index contributed by atoms with van der Waals surface area (Å²) in [5.74, 6) is 0.226. The highest BCUT2D eigenvalue weighted by atomic mass is 79.9. The van der Waals surface area contributed by atoms with Gasteiger partial charge in [-0.05, 0) is 30.3 Å². The lowest BCUT2D eigenvalue weighted by molar-refractivity contribution is 0.112. The fraction of sp³-hybridized carbons (Fsp3) is 0.0714. The van der Waals surface area contributed by atoms with Crippen LogP contribution < -0.4 is 4.74 Å².